The van der Waals surface area contributed by atoms with Gasteiger partial charge in [-0.15, -0.1) is 0 Å². The molecular weight excluding hydrogens is 226 g/mol. The Morgan fingerprint density at radius 1 is 1.33 bits per heavy atom. The van der Waals surface area contributed by atoms with E-state index in [1.54, 1.807) is 6.92 Å². The van der Waals surface area contributed by atoms with E-state index in [0.717, 1.165) is 18.8 Å². The Balaban J connectivity index is 4.14. The lowest BCUT2D eigenvalue weighted by Gasteiger charge is -2.21. The number of nitrogens with zero attached hydrogens (tertiary/aromatic N) is 2. The van der Waals surface area contributed by atoms with Gasteiger partial charge in [0, 0.05) is 27.1 Å². The third-order valence-corrected chi connectivity index (χ3v) is 3.11. The molecule has 0 radical (unpaired) electrons. The second-order valence-electron chi connectivity index (χ2n) is 4.79. The van der Waals surface area contributed by atoms with Gasteiger partial charge in [-0.2, -0.15) is 0 Å². The summed E-state index contributed by atoms with van der Waals surface area (Å²) in [5.74, 6) is 1.08. The molecule has 0 bridgehead atoms. The summed E-state index contributed by atoms with van der Waals surface area (Å²) in [5.41, 5.74) is 0. The van der Waals surface area contributed by atoms with Crippen molar-refractivity contribution in [3.63, 3.8) is 0 Å². The van der Waals surface area contributed by atoms with Crippen molar-refractivity contribution in [2.24, 2.45) is 4.99 Å². The number of aliphatic imine (C=N–C) groups is 1. The van der Waals surface area contributed by atoms with Crippen molar-refractivity contribution >= 4 is 11.7 Å². The van der Waals surface area contributed by atoms with E-state index in [4.69, 9.17) is 4.99 Å². The molecule has 0 aliphatic carbocycles. The predicted molar refractivity (Wildman–Crippen MR) is 78.0 cm³/mol. The molecule has 0 aromatic heterocycles. The van der Waals surface area contributed by atoms with Crippen LogP contribution in [-0.2, 0) is 4.79 Å². The van der Waals surface area contributed by atoms with E-state index in [1.807, 2.05) is 14.0 Å². The van der Waals surface area contributed by atoms with Crippen molar-refractivity contribution < 1.29 is 4.79 Å². The molecule has 0 aliphatic rings. The summed E-state index contributed by atoms with van der Waals surface area (Å²) in [7, 11) is 2.02. The van der Waals surface area contributed by atoms with Crippen LogP contribution in [0, 0.1) is 0 Å². The van der Waals surface area contributed by atoms with Crippen molar-refractivity contribution in [2.45, 2.75) is 59.4 Å². The topological polar surface area (TPSA) is 44.7 Å². The van der Waals surface area contributed by atoms with Crippen LogP contribution >= 0.6 is 0 Å². The summed E-state index contributed by atoms with van der Waals surface area (Å²) < 4.78 is 0. The molecule has 106 valence electrons. The lowest BCUT2D eigenvalue weighted by atomic mass is 10.1. The van der Waals surface area contributed by atoms with Gasteiger partial charge in [-0.3, -0.25) is 9.79 Å². The molecule has 0 spiro atoms. The van der Waals surface area contributed by atoms with E-state index in [2.05, 4.69) is 24.1 Å². The van der Waals surface area contributed by atoms with Gasteiger partial charge < -0.3 is 10.2 Å². The lowest BCUT2D eigenvalue weighted by Crippen LogP contribution is -2.34. The maximum Gasteiger partial charge on any atom is 0.216 e. The van der Waals surface area contributed by atoms with Crippen LogP contribution in [0.1, 0.15) is 53.4 Å². The number of carbonyl (C=O) groups is 1. The van der Waals surface area contributed by atoms with Crippen LogP contribution in [0.4, 0.5) is 0 Å². The third-order valence-electron chi connectivity index (χ3n) is 3.11. The number of hydrogen-bond donors (Lipinski definition) is 1. The minimum atomic E-state index is 0.0207. The molecule has 0 aliphatic heterocycles. The number of amidine groups is 1. The molecule has 1 amide bonds. The zero-order valence-electron chi connectivity index (χ0n) is 12.6. The van der Waals surface area contributed by atoms with Crippen molar-refractivity contribution in [1.82, 2.24) is 10.2 Å². The Labute approximate surface area is 112 Å². The first kappa shape index (κ1) is 16.9. The number of hydrogen-bond acceptors (Lipinski definition) is 2. The molecule has 1 N–H and O–H groups in total. The van der Waals surface area contributed by atoms with Crippen LogP contribution in [0.2, 0.25) is 0 Å². The number of amides is 1. The van der Waals surface area contributed by atoms with Gasteiger partial charge in [0.25, 0.3) is 0 Å². The summed E-state index contributed by atoms with van der Waals surface area (Å²) in [6.07, 6.45) is 4.73. The largest absolute Gasteiger partial charge is 0.362 e. The molecule has 0 fully saturated rings. The van der Waals surface area contributed by atoms with Crippen molar-refractivity contribution in [3.05, 3.63) is 0 Å². The Bertz CT molecular complexity index is 264. The fourth-order valence-electron chi connectivity index (χ4n) is 1.72. The smallest absolute Gasteiger partial charge is 0.216 e. The first-order valence-corrected chi connectivity index (χ1v) is 7.01. The summed E-state index contributed by atoms with van der Waals surface area (Å²) >= 11 is 0. The monoisotopic (exact) mass is 255 g/mol. The number of carbonyl (C=O) groups excluding carboxylic acids is 1. The van der Waals surface area contributed by atoms with E-state index in [0.29, 0.717) is 12.6 Å². The van der Waals surface area contributed by atoms with Gasteiger partial charge in [-0.05, 0) is 19.8 Å². The highest BCUT2D eigenvalue weighted by Gasteiger charge is 2.06. The highest BCUT2D eigenvalue weighted by molar-refractivity contribution is 5.79. The van der Waals surface area contributed by atoms with E-state index in [-0.39, 0.29) is 5.91 Å². The molecule has 0 heterocycles. The van der Waals surface area contributed by atoms with Gasteiger partial charge in [-0.1, -0.05) is 26.7 Å². The fourth-order valence-corrected chi connectivity index (χ4v) is 1.72. The van der Waals surface area contributed by atoms with Gasteiger partial charge in [0.2, 0.25) is 5.91 Å². The quantitative estimate of drug-likeness (QED) is 0.535. The van der Waals surface area contributed by atoms with E-state index < -0.39 is 0 Å². The van der Waals surface area contributed by atoms with Gasteiger partial charge >= 0.3 is 0 Å². The van der Waals surface area contributed by atoms with E-state index >= 15 is 0 Å². The molecular formula is C14H29N3O. The number of rotatable bonds is 8. The minimum absolute atomic E-state index is 0.0207. The summed E-state index contributed by atoms with van der Waals surface area (Å²) in [4.78, 5) is 17.6. The van der Waals surface area contributed by atoms with Gasteiger partial charge in [-0.25, -0.2) is 0 Å². The first-order chi connectivity index (χ1) is 8.51. The van der Waals surface area contributed by atoms with Crippen LogP contribution < -0.4 is 5.32 Å². The van der Waals surface area contributed by atoms with Crippen molar-refractivity contribution in [1.29, 1.82) is 0 Å². The van der Waals surface area contributed by atoms with Crippen LogP contribution in [0.15, 0.2) is 4.99 Å². The van der Waals surface area contributed by atoms with Crippen LogP contribution in [0.25, 0.3) is 0 Å². The SMILES string of the molecule is CCCCC(CC)N=C(C)N(C)CCNC(C)=O. The normalized spacial score (nSPS) is 13.3. The molecule has 4 nitrogen and oxygen atoms in total. The Morgan fingerprint density at radius 2 is 2.00 bits per heavy atom. The number of unbranched alkanes of at least 4 members (excludes halogenated alkanes) is 1. The van der Waals surface area contributed by atoms with Crippen LogP contribution in [0.5, 0.6) is 0 Å². The molecule has 1 atom stereocenters. The maximum absolute atomic E-state index is 10.8. The van der Waals surface area contributed by atoms with E-state index in [9.17, 15) is 4.79 Å². The molecule has 0 saturated heterocycles. The Kier molecular flexibility index (Phi) is 9.33. The standard InChI is InChI=1S/C14H29N3O/c1-6-8-9-14(7-2)16-12(3)17(5)11-10-15-13(4)18/h14H,6-11H2,1-5H3,(H,15,18). The number of likely N-dealkylation sites (N-methyl/N-ethyl adjacent to an activating group) is 1. The summed E-state index contributed by atoms with van der Waals surface area (Å²) in [5, 5.41) is 2.80. The number of nitrogens with one attached hydrogen (secondary N) is 1. The van der Waals surface area contributed by atoms with Gasteiger partial charge in [0.15, 0.2) is 0 Å². The molecule has 0 aromatic rings. The minimum Gasteiger partial charge on any atom is -0.362 e. The van der Waals surface area contributed by atoms with Crippen molar-refractivity contribution in [2.75, 3.05) is 20.1 Å². The van der Waals surface area contributed by atoms with Crippen molar-refractivity contribution in [3.8, 4) is 0 Å². The molecule has 0 saturated carbocycles. The second-order valence-corrected chi connectivity index (χ2v) is 4.79. The Hall–Kier alpha value is -1.06. The molecule has 1 unspecified atom stereocenters. The molecule has 4 heteroatoms. The fraction of sp³-hybridized carbons (Fsp3) is 0.857. The maximum atomic E-state index is 10.8. The zero-order chi connectivity index (χ0) is 14.0. The van der Waals surface area contributed by atoms with Gasteiger partial charge in [0.05, 0.1) is 11.9 Å². The average molecular weight is 255 g/mol. The molecule has 0 rings (SSSR count). The molecule has 18 heavy (non-hydrogen) atoms. The summed E-state index contributed by atoms with van der Waals surface area (Å²) in [6.45, 7) is 9.46. The third kappa shape index (κ3) is 8.09. The highest BCUT2D eigenvalue weighted by atomic mass is 16.1. The van der Waals surface area contributed by atoms with Gasteiger partial charge in [0.1, 0.15) is 0 Å². The second kappa shape index (κ2) is 9.92. The summed E-state index contributed by atoms with van der Waals surface area (Å²) in [6, 6.07) is 0.438. The zero-order valence-corrected chi connectivity index (χ0v) is 12.6. The Morgan fingerprint density at radius 3 is 2.50 bits per heavy atom. The predicted octanol–water partition coefficient (Wildman–Crippen LogP) is 2.44. The van der Waals surface area contributed by atoms with E-state index in [1.165, 1.54) is 19.3 Å². The van der Waals surface area contributed by atoms with Crippen LogP contribution in [-0.4, -0.2) is 42.8 Å². The average Bonchev–Trinajstić information content (AvgIpc) is 2.33. The lowest BCUT2D eigenvalue weighted by molar-refractivity contribution is -0.118. The highest BCUT2D eigenvalue weighted by Crippen LogP contribution is 2.09. The molecule has 0 aromatic carbocycles. The van der Waals surface area contributed by atoms with Crippen LogP contribution in [0.3, 0.4) is 0 Å². The first-order valence-electron chi connectivity index (χ1n) is 7.01.